The zero-order valence-corrected chi connectivity index (χ0v) is 14.8. The minimum Gasteiger partial charge on any atom is -0.456 e. The fourth-order valence-electron chi connectivity index (χ4n) is 2.69. The van der Waals surface area contributed by atoms with E-state index < -0.39 is 5.97 Å². The van der Waals surface area contributed by atoms with E-state index in [9.17, 15) is 9.59 Å². The molecule has 4 rings (SSSR count). The van der Waals surface area contributed by atoms with Gasteiger partial charge < -0.3 is 9.15 Å². The summed E-state index contributed by atoms with van der Waals surface area (Å²) in [5.41, 5.74) is 1.12. The van der Waals surface area contributed by atoms with E-state index in [2.05, 4.69) is 15.3 Å². The first-order valence-corrected chi connectivity index (χ1v) is 8.69. The van der Waals surface area contributed by atoms with Crippen LogP contribution in [0.25, 0.3) is 22.2 Å². The number of esters is 1. The van der Waals surface area contributed by atoms with E-state index >= 15 is 0 Å². The number of carbonyl (C=O) groups excluding carboxylic acids is 1. The predicted molar refractivity (Wildman–Crippen MR) is 100 cm³/mol. The van der Waals surface area contributed by atoms with Crippen molar-refractivity contribution in [2.24, 2.45) is 0 Å². The van der Waals surface area contributed by atoms with Gasteiger partial charge in [0.15, 0.2) is 12.4 Å². The molecule has 28 heavy (non-hydrogen) atoms. The molecule has 0 amide bonds. The summed E-state index contributed by atoms with van der Waals surface area (Å²) in [5, 5.41) is 8.29. The van der Waals surface area contributed by atoms with E-state index in [-0.39, 0.29) is 25.1 Å². The third-order valence-electron chi connectivity index (χ3n) is 4.13. The van der Waals surface area contributed by atoms with E-state index in [0.29, 0.717) is 22.6 Å². The van der Waals surface area contributed by atoms with Gasteiger partial charge in [-0.3, -0.25) is 9.59 Å². The molecule has 8 nitrogen and oxygen atoms in total. The van der Waals surface area contributed by atoms with Gasteiger partial charge in [0.05, 0.1) is 24.5 Å². The zero-order chi connectivity index (χ0) is 19.3. The van der Waals surface area contributed by atoms with E-state index in [1.807, 2.05) is 30.3 Å². The maximum absolute atomic E-state index is 12.3. The lowest BCUT2D eigenvalue weighted by atomic mass is 10.2. The predicted octanol–water partition coefficient (Wildman–Crippen LogP) is 2.58. The average Bonchev–Trinajstić information content (AvgIpc) is 3.22. The molecule has 0 N–H and O–H groups in total. The van der Waals surface area contributed by atoms with Gasteiger partial charge >= 0.3 is 5.97 Å². The molecule has 0 fully saturated rings. The van der Waals surface area contributed by atoms with Gasteiger partial charge in [-0.1, -0.05) is 47.7 Å². The van der Waals surface area contributed by atoms with Gasteiger partial charge in [0.1, 0.15) is 5.52 Å². The van der Waals surface area contributed by atoms with Gasteiger partial charge in [0.25, 0.3) is 5.56 Å². The SMILES string of the molecule is O=C(CCn1nnc2ccccc2c1=O)OCc1ncc(-c2ccccc2)o1. The number of ether oxygens (including phenoxy) is 1. The number of hydrogen-bond acceptors (Lipinski definition) is 7. The van der Waals surface area contributed by atoms with Crippen LogP contribution in [0.3, 0.4) is 0 Å². The van der Waals surface area contributed by atoms with Crippen molar-refractivity contribution in [3.8, 4) is 11.3 Å². The number of fused-ring (bicyclic) bond motifs is 1. The topological polar surface area (TPSA) is 100 Å². The summed E-state index contributed by atoms with van der Waals surface area (Å²) in [5.74, 6) is 0.417. The Labute approximate surface area is 159 Å². The normalized spacial score (nSPS) is 10.9. The Kier molecular flexibility index (Phi) is 4.92. The third-order valence-corrected chi connectivity index (χ3v) is 4.13. The first kappa shape index (κ1) is 17.6. The molecule has 0 unspecified atom stereocenters. The number of aromatic nitrogens is 4. The van der Waals surface area contributed by atoms with Crippen LogP contribution in [0.5, 0.6) is 0 Å². The lowest BCUT2D eigenvalue weighted by molar-refractivity contribution is -0.146. The molecular formula is C20H16N4O4. The lowest BCUT2D eigenvalue weighted by Gasteiger charge is -2.05. The second-order valence-corrected chi connectivity index (χ2v) is 6.03. The van der Waals surface area contributed by atoms with E-state index in [4.69, 9.17) is 9.15 Å². The van der Waals surface area contributed by atoms with Crippen molar-refractivity contribution in [1.29, 1.82) is 0 Å². The van der Waals surface area contributed by atoms with Gasteiger partial charge in [0.2, 0.25) is 5.89 Å². The lowest BCUT2D eigenvalue weighted by Crippen LogP contribution is -2.25. The van der Waals surface area contributed by atoms with Crippen molar-refractivity contribution in [3.05, 3.63) is 77.0 Å². The first-order chi connectivity index (χ1) is 13.7. The van der Waals surface area contributed by atoms with Crippen molar-refractivity contribution in [2.45, 2.75) is 19.6 Å². The molecule has 140 valence electrons. The summed E-state index contributed by atoms with van der Waals surface area (Å²) in [6.45, 7) is 0.000312. The Hall–Kier alpha value is -3.81. The Balaban J connectivity index is 1.34. The smallest absolute Gasteiger partial charge is 0.308 e. The van der Waals surface area contributed by atoms with E-state index in [1.165, 1.54) is 0 Å². The van der Waals surface area contributed by atoms with Gasteiger partial charge in [0, 0.05) is 5.56 Å². The maximum Gasteiger partial charge on any atom is 0.308 e. The molecule has 8 heteroatoms. The monoisotopic (exact) mass is 376 g/mol. The number of oxazole rings is 1. The Bertz CT molecular complexity index is 1170. The second-order valence-electron chi connectivity index (χ2n) is 6.03. The molecule has 0 radical (unpaired) electrons. The van der Waals surface area contributed by atoms with Crippen LogP contribution in [0, 0.1) is 0 Å². The average molecular weight is 376 g/mol. The quantitative estimate of drug-likeness (QED) is 0.477. The molecule has 2 heterocycles. The molecule has 2 aromatic carbocycles. The summed E-state index contributed by atoms with van der Waals surface area (Å²) in [4.78, 5) is 28.4. The van der Waals surface area contributed by atoms with Gasteiger partial charge in [-0.25, -0.2) is 9.67 Å². The Morgan fingerprint density at radius 1 is 1.07 bits per heavy atom. The standard InChI is InChI=1S/C20H16N4O4/c25-19(10-11-24-20(26)15-8-4-5-9-16(15)22-23-24)27-13-18-21-12-17(28-18)14-6-2-1-3-7-14/h1-9,12H,10-11,13H2. The Morgan fingerprint density at radius 3 is 2.71 bits per heavy atom. The highest BCUT2D eigenvalue weighted by Crippen LogP contribution is 2.20. The number of carbonyl (C=O) groups is 1. The molecule has 0 bridgehead atoms. The van der Waals surface area contributed by atoms with Crippen LogP contribution in [0.1, 0.15) is 12.3 Å². The number of nitrogens with zero attached hydrogens (tertiary/aromatic N) is 4. The van der Waals surface area contributed by atoms with Crippen LogP contribution < -0.4 is 5.56 Å². The Morgan fingerprint density at radius 2 is 1.86 bits per heavy atom. The van der Waals surface area contributed by atoms with Crippen molar-refractivity contribution in [2.75, 3.05) is 0 Å². The fraction of sp³-hybridized carbons (Fsp3) is 0.150. The van der Waals surface area contributed by atoms with E-state index in [1.54, 1.807) is 30.5 Å². The third kappa shape index (κ3) is 3.80. The molecule has 4 aromatic rings. The molecule has 0 aliphatic rings. The van der Waals surface area contributed by atoms with Crippen LogP contribution in [0.15, 0.2) is 70.0 Å². The highest BCUT2D eigenvalue weighted by molar-refractivity contribution is 5.76. The zero-order valence-electron chi connectivity index (χ0n) is 14.8. The van der Waals surface area contributed by atoms with Crippen LogP contribution in [-0.2, 0) is 22.7 Å². The molecule has 0 atom stereocenters. The first-order valence-electron chi connectivity index (χ1n) is 8.69. The van der Waals surface area contributed by atoms with Crippen LogP contribution in [-0.4, -0.2) is 25.9 Å². The largest absolute Gasteiger partial charge is 0.456 e. The highest BCUT2D eigenvalue weighted by atomic mass is 16.5. The van der Waals surface area contributed by atoms with Crippen LogP contribution >= 0.6 is 0 Å². The van der Waals surface area contributed by atoms with Crippen molar-refractivity contribution < 1.29 is 13.9 Å². The van der Waals surface area contributed by atoms with Crippen LogP contribution in [0.2, 0.25) is 0 Å². The molecule has 2 aromatic heterocycles. The number of benzene rings is 2. The fourth-order valence-corrected chi connectivity index (χ4v) is 2.69. The minimum atomic E-state index is -0.485. The molecule has 0 spiro atoms. The van der Waals surface area contributed by atoms with Gasteiger partial charge in [-0.05, 0) is 12.1 Å². The van der Waals surface area contributed by atoms with Crippen molar-refractivity contribution in [1.82, 2.24) is 20.0 Å². The summed E-state index contributed by atoms with van der Waals surface area (Å²) in [6, 6.07) is 16.4. The number of aryl methyl sites for hydroxylation is 1. The van der Waals surface area contributed by atoms with E-state index in [0.717, 1.165) is 10.2 Å². The van der Waals surface area contributed by atoms with Crippen molar-refractivity contribution >= 4 is 16.9 Å². The molecule has 0 saturated carbocycles. The molecular weight excluding hydrogens is 360 g/mol. The van der Waals surface area contributed by atoms with Gasteiger partial charge in [-0.2, -0.15) is 0 Å². The number of rotatable bonds is 6. The summed E-state index contributed by atoms with van der Waals surface area (Å²) in [6.07, 6.45) is 1.57. The number of hydrogen-bond donors (Lipinski definition) is 0. The van der Waals surface area contributed by atoms with Crippen LogP contribution in [0.4, 0.5) is 0 Å². The summed E-state index contributed by atoms with van der Waals surface area (Å²) in [7, 11) is 0. The highest BCUT2D eigenvalue weighted by Gasteiger charge is 2.11. The molecule has 0 saturated heterocycles. The van der Waals surface area contributed by atoms with Gasteiger partial charge in [-0.15, -0.1) is 5.10 Å². The molecule has 0 aliphatic carbocycles. The summed E-state index contributed by atoms with van der Waals surface area (Å²) < 4.78 is 11.9. The maximum atomic E-state index is 12.3. The molecule has 0 aliphatic heterocycles. The summed E-state index contributed by atoms with van der Waals surface area (Å²) >= 11 is 0. The van der Waals surface area contributed by atoms with Crippen molar-refractivity contribution in [3.63, 3.8) is 0 Å². The second kappa shape index (κ2) is 7.83. The minimum absolute atomic E-state index is 0.0147.